The Morgan fingerprint density at radius 2 is 1.82 bits per heavy atom. The number of aryl methyl sites for hydroxylation is 2. The van der Waals surface area contributed by atoms with Gasteiger partial charge in [-0.3, -0.25) is 0 Å². The number of ether oxygens (including phenoxy) is 2. The second kappa shape index (κ2) is 7.49. The van der Waals surface area contributed by atoms with Crippen LogP contribution in [0.15, 0.2) is 12.1 Å². The first-order chi connectivity index (χ1) is 10.2. The number of alkyl carbamates (subject to hydrolysis) is 1. The Kier molecular flexibility index (Phi) is 6.23. The lowest BCUT2D eigenvalue weighted by Crippen LogP contribution is -2.42. The van der Waals surface area contributed by atoms with Crippen LogP contribution in [0.3, 0.4) is 0 Å². The van der Waals surface area contributed by atoms with Crippen molar-refractivity contribution in [3.8, 4) is 5.75 Å². The number of aliphatic hydroxyl groups is 1. The van der Waals surface area contributed by atoms with Gasteiger partial charge in [0, 0.05) is 0 Å². The lowest BCUT2D eigenvalue weighted by molar-refractivity contribution is 0.0482. The van der Waals surface area contributed by atoms with E-state index in [9.17, 15) is 9.90 Å². The molecule has 1 atom stereocenters. The van der Waals surface area contributed by atoms with E-state index in [4.69, 9.17) is 9.47 Å². The van der Waals surface area contributed by atoms with Crippen LogP contribution in [0.4, 0.5) is 4.79 Å². The van der Waals surface area contributed by atoms with Gasteiger partial charge in [0.05, 0.1) is 19.8 Å². The van der Waals surface area contributed by atoms with Gasteiger partial charge in [0.1, 0.15) is 11.4 Å². The van der Waals surface area contributed by atoms with Crippen molar-refractivity contribution in [2.24, 2.45) is 0 Å². The predicted octanol–water partition coefficient (Wildman–Crippen LogP) is 2.74. The minimum atomic E-state index is -0.559. The standard InChI is InChI=1S/C17H27NO4/c1-11-7-14(21-6)8-12(2)15(11)9-13(10-19)18-16(20)22-17(3,4)5/h7-8,13,19H,9-10H2,1-6H3,(H,18,20)/t13-/m0/s1. The number of carbonyl (C=O) groups excluding carboxylic acids is 1. The number of rotatable bonds is 5. The Labute approximate surface area is 132 Å². The van der Waals surface area contributed by atoms with Crippen LogP contribution in [-0.2, 0) is 11.2 Å². The molecule has 5 heteroatoms. The van der Waals surface area contributed by atoms with Crippen molar-refractivity contribution in [1.29, 1.82) is 0 Å². The number of benzene rings is 1. The summed E-state index contributed by atoms with van der Waals surface area (Å²) in [5, 5.41) is 12.2. The molecular weight excluding hydrogens is 282 g/mol. The molecule has 1 aromatic rings. The smallest absolute Gasteiger partial charge is 0.407 e. The van der Waals surface area contributed by atoms with Gasteiger partial charge in [0.2, 0.25) is 0 Å². The monoisotopic (exact) mass is 309 g/mol. The van der Waals surface area contributed by atoms with Crippen LogP contribution in [0.2, 0.25) is 0 Å². The maximum absolute atomic E-state index is 11.8. The van der Waals surface area contributed by atoms with Crippen LogP contribution in [0.1, 0.15) is 37.5 Å². The van der Waals surface area contributed by atoms with Crippen LogP contribution in [-0.4, -0.2) is 36.6 Å². The highest BCUT2D eigenvalue weighted by molar-refractivity contribution is 5.68. The largest absolute Gasteiger partial charge is 0.497 e. The van der Waals surface area contributed by atoms with E-state index in [1.54, 1.807) is 27.9 Å². The lowest BCUT2D eigenvalue weighted by atomic mass is 9.96. The maximum atomic E-state index is 11.8. The number of nitrogens with one attached hydrogen (secondary N) is 1. The van der Waals surface area contributed by atoms with E-state index in [-0.39, 0.29) is 12.6 Å². The Balaban J connectivity index is 2.81. The Morgan fingerprint density at radius 3 is 2.23 bits per heavy atom. The van der Waals surface area contributed by atoms with Gasteiger partial charge in [-0.05, 0) is 69.9 Å². The highest BCUT2D eigenvalue weighted by atomic mass is 16.6. The van der Waals surface area contributed by atoms with Crippen molar-refractivity contribution in [2.75, 3.05) is 13.7 Å². The van der Waals surface area contributed by atoms with Crippen LogP contribution in [0.25, 0.3) is 0 Å². The first-order valence-electron chi connectivity index (χ1n) is 7.40. The minimum Gasteiger partial charge on any atom is -0.497 e. The van der Waals surface area contributed by atoms with Crippen LogP contribution in [0, 0.1) is 13.8 Å². The summed E-state index contributed by atoms with van der Waals surface area (Å²) >= 11 is 0. The summed E-state index contributed by atoms with van der Waals surface area (Å²) in [5.74, 6) is 0.805. The van der Waals surface area contributed by atoms with Crippen molar-refractivity contribution in [3.63, 3.8) is 0 Å². The Morgan fingerprint density at radius 1 is 1.27 bits per heavy atom. The van der Waals surface area contributed by atoms with Gasteiger partial charge in [-0.15, -0.1) is 0 Å². The van der Waals surface area contributed by atoms with Gasteiger partial charge >= 0.3 is 6.09 Å². The second-order valence-corrected chi connectivity index (χ2v) is 6.47. The van der Waals surface area contributed by atoms with Gasteiger partial charge in [0.25, 0.3) is 0 Å². The fourth-order valence-electron chi connectivity index (χ4n) is 2.28. The molecule has 0 aromatic heterocycles. The highest BCUT2D eigenvalue weighted by Gasteiger charge is 2.20. The molecule has 0 bridgehead atoms. The molecule has 124 valence electrons. The summed E-state index contributed by atoms with van der Waals surface area (Å²) in [4.78, 5) is 11.8. The fourth-order valence-corrected chi connectivity index (χ4v) is 2.28. The normalized spacial score (nSPS) is 12.7. The van der Waals surface area contributed by atoms with Gasteiger partial charge in [0.15, 0.2) is 0 Å². The van der Waals surface area contributed by atoms with E-state index < -0.39 is 11.7 Å². The van der Waals surface area contributed by atoms with Gasteiger partial charge in [-0.25, -0.2) is 4.79 Å². The number of amides is 1. The zero-order valence-corrected chi connectivity index (χ0v) is 14.3. The molecule has 0 aliphatic rings. The third kappa shape index (κ3) is 5.56. The van der Waals surface area contributed by atoms with Crippen LogP contribution < -0.4 is 10.1 Å². The van der Waals surface area contributed by atoms with E-state index in [1.807, 2.05) is 26.0 Å². The van der Waals surface area contributed by atoms with E-state index in [0.717, 1.165) is 22.4 Å². The zero-order chi connectivity index (χ0) is 16.9. The molecule has 0 saturated carbocycles. The molecular formula is C17H27NO4. The molecule has 0 aliphatic heterocycles. The first kappa shape index (κ1) is 18.3. The molecule has 22 heavy (non-hydrogen) atoms. The summed E-state index contributed by atoms with van der Waals surface area (Å²) in [6.45, 7) is 9.25. The van der Waals surface area contributed by atoms with Crippen molar-refractivity contribution >= 4 is 6.09 Å². The fraction of sp³-hybridized carbons (Fsp3) is 0.588. The summed E-state index contributed by atoms with van der Waals surface area (Å²) in [5.41, 5.74) is 2.68. The third-order valence-corrected chi connectivity index (χ3v) is 3.30. The van der Waals surface area contributed by atoms with Gasteiger partial charge in [-0.1, -0.05) is 0 Å². The number of aliphatic hydroxyl groups excluding tert-OH is 1. The molecule has 0 heterocycles. The average Bonchev–Trinajstić information content (AvgIpc) is 2.38. The predicted molar refractivity (Wildman–Crippen MR) is 86.4 cm³/mol. The molecule has 2 N–H and O–H groups in total. The summed E-state index contributed by atoms with van der Waals surface area (Å²) < 4.78 is 10.5. The molecule has 0 unspecified atom stereocenters. The second-order valence-electron chi connectivity index (χ2n) is 6.47. The first-order valence-corrected chi connectivity index (χ1v) is 7.40. The van der Waals surface area contributed by atoms with Crippen molar-refractivity contribution < 1.29 is 19.4 Å². The molecule has 1 rings (SSSR count). The Hall–Kier alpha value is -1.75. The molecule has 1 amide bonds. The summed E-state index contributed by atoms with van der Waals surface area (Å²) in [7, 11) is 1.63. The number of methoxy groups -OCH3 is 1. The zero-order valence-electron chi connectivity index (χ0n) is 14.3. The molecule has 0 fully saturated rings. The number of carbonyl (C=O) groups is 1. The van der Waals surface area contributed by atoms with Gasteiger partial charge in [-0.2, -0.15) is 0 Å². The minimum absolute atomic E-state index is 0.149. The van der Waals surface area contributed by atoms with E-state index in [0.29, 0.717) is 6.42 Å². The highest BCUT2D eigenvalue weighted by Crippen LogP contribution is 2.23. The summed E-state index contributed by atoms with van der Waals surface area (Å²) in [6.07, 6.45) is 0.0209. The van der Waals surface area contributed by atoms with Crippen LogP contribution in [0.5, 0.6) is 5.75 Å². The third-order valence-electron chi connectivity index (χ3n) is 3.30. The Bertz CT molecular complexity index is 497. The van der Waals surface area contributed by atoms with Crippen molar-refractivity contribution in [1.82, 2.24) is 5.32 Å². The van der Waals surface area contributed by atoms with E-state index in [1.165, 1.54) is 0 Å². The van der Waals surface area contributed by atoms with Crippen LogP contribution >= 0.6 is 0 Å². The van der Waals surface area contributed by atoms with E-state index >= 15 is 0 Å². The molecule has 0 aliphatic carbocycles. The molecule has 5 nitrogen and oxygen atoms in total. The van der Waals surface area contributed by atoms with E-state index in [2.05, 4.69) is 5.32 Å². The summed E-state index contributed by atoms with van der Waals surface area (Å²) in [6, 6.07) is 3.51. The van der Waals surface area contributed by atoms with Crippen molar-refractivity contribution in [2.45, 2.75) is 52.7 Å². The SMILES string of the molecule is COc1cc(C)c(C[C@@H](CO)NC(=O)OC(C)(C)C)c(C)c1. The molecule has 0 radical (unpaired) electrons. The van der Waals surface area contributed by atoms with Crippen molar-refractivity contribution in [3.05, 3.63) is 28.8 Å². The molecule has 1 aromatic carbocycles. The van der Waals surface area contributed by atoms with Gasteiger partial charge < -0.3 is 19.9 Å². The number of hydrogen-bond acceptors (Lipinski definition) is 4. The topological polar surface area (TPSA) is 67.8 Å². The number of hydrogen-bond donors (Lipinski definition) is 2. The lowest BCUT2D eigenvalue weighted by Gasteiger charge is -2.23. The molecule has 0 spiro atoms. The average molecular weight is 309 g/mol. The maximum Gasteiger partial charge on any atom is 0.407 e. The molecule has 0 saturated heterocycles. The quantitative estimate of drug-likeness (QED) is 0.877.